The third kappa shape index (κ3) is 4.23. The Balaban J connectivity index is 1.94. The van der Waals surface area contributed by atoms with Gasteiger partial charge in [0.25, 0.3) is 0 Å². The Kier molecular flexibility index (Phi) is 5.24. The van der Waals surface area contributed by atoms with Crippen molar-refractivity contribution in [2.24, 2.45) is 0 Å². The number of aromatic nitrogens is 2. The zero-order chi connectivity index (χ0) is 13.7. The fraction of sp³-hybridized carbons (Fsp3) is 0.308. The molecule has 4 nitrogen and oxygen atoms in total. The summed E-state index contributed by atoms with van der Waals surface area (Å²) in [5.41, 5.74) is 2.01. The molecule has 0 saturated heterocycles. The van der Waals surface area contributed by atoms with Crippen LogP contribution in [0.4, 0.5) is 5.69 Å². The molecule has 1 heterocycles. The summed E-state index contributed by atoms with van der Waals surface area (Å²) in [5, 5.41) is 8.29. The lowest BCUT2D eigenvalue weighted by Gasteiger charge is -2.06. The molecular weight excluding hydrogens is 330 g/mol. The van der Waals surface area contributed by atoms with Gasteiger partial charge in [0.05, 0.1) is 25.0 Å². The van der Waals surface area contributed by atoms with Crippen molar-refractivity contribution >= 4 is 33.2 Å². The quantitative estimate of drug-likeness (QED) is 0.871. The minimum atomic E-state index is 0.651. The van der Waals surface area contributed by atoms with Crippen LogP contribution in [0, 0.1) is 0 Å². The Morgan fingerprint density at radius 3 is 3.11 bits per heavy atom. The predicted molar refractivity (Wildman–Crippen MR) is 80.6 cm³/mol. The number of hydrogen-bond acceptors (Lipinski definition) is 3. The van der Waals surface area contributed by atoms with Crippen LogP contribution >= 0.6 is 27.5 Å². The maximum Gasteiger partial charge on any atom is 0.0729 e. The second kappa shape index (κ2) is 6.93. The van der Waals surface area contributed by atoms with E-state index in [4.69, 9.17) is 16.3 Å². The molecule has 19 heavy (non-hydrogen) atoms. The number of benzene rings is 1. The number of nitrogens with one attached hydrogen (secondary N) is 1. The number of nitrogens with zero attached hydrogens (tertiary/aromatic N) is 2. The molecule has 0 saturated carbocycles. The topological polar surface area (TPSA) is 39.1 Å². The average Bonchev–Trinajstić information content (AvgIpc) is 2.85. The monoisotopic (exact) mass is 343 g/mol. The standard InChI is InChI=1S/C13H15BrClN3O/c1-19-5-4-18-9-12(8-17-18)16-7-10-6-11(14)2-3-13(10)15/h2-3,6,8-9,16H,4-5,7H2,1H3. The summed E-state index contributed by atoms with van der Waals surface area (Å²) in [5.74, 6) is 0. The summed E-state index contributed by atoms with van der Waals surface area (Å²) >= 11 is 9.58. The van der Waals surface area contributed by atoms with Crippen LogP contribution in [-0.4, -0.2) is 23.5 Å². The molecule has 1 aromatic heterocycles. The summed E-state index contributed by atoms with van der Waals surface area (Å²) in [6.45, 7) is 2.06. The van der Waals surface area contributed by atoms with E-state index in [9.17, 15) is 0 Å². The molecule has 2 rings (SSSR count). The fourth-order valence-electron chi connectivity index (χ4n) is 1.64. The third-order valence-electron chi connectivity index (χ3n) is 2.65. The van der Waals surface area contributed by atoms with E-state index in [2.05, 4.69) is 26.3 Å². The van der Waals surface area contributed by atoms with Crippen LogP contribution in [0.2, 0.25) is 5.02 Å². The molecule has 1 aromatic carbocycles. The first-order chi connectivity index (χ1) is 9.19. The summed E-state index contributed by atoms with van der Waals surface area (Å²) in [7, 11) is 1.68. The zero-order valence-corrected chi connectivity index (χ0v) is 12.9. The number of hydrogen-bond donors (Lipinski definition) is 1. The highest BCUT2D eigenvalue weighted by atomic mass is 79.9. The Morgan fingerprint density at radius 2 is 2.32 bits per heavy atom. The van der Waals surface area contributed by atoms with E-state index in [-0.39, 0.29) is 0 Å². The van der Waals surface area contributed by atoms with Gasteiger partial charge in [-0.15, -0.1) is 0 Å². The number of anilines is 1. The molecule has 0 bridgehead atoms. The minimum absolute atomic E-state index is 0.651. The van der Waals surface area contributed by atoms with Crippen molar-refractivity contribution in [3.63, 3.8) is 0 Å². The van der Waals surface area contributed by atoms with Crippen LogP contribution in [-0.2, 0) is 17.8 Å². The first kappa shape index (κ1) is 14.4. The van der Waals surface area contributed by atoms with Gasteiger partial charge in [-0.05, 0) is 23.8 Å². The summed E-state index contributed by atoms with van der Waals surface area (Å²) < 4.78 is 7.87. The first-order valence-electron chi connectivity index (χ1n) is 5.88. The van der Waals surface area contributed by atoms with Gasteiger partial charge in [-0.1, -0.05) is 27.5 Å². The molecule has 0 fully saturated rings. The number of methoxy groups -OCH3 is 1. The van der Waals surface area contributed by atoms with Crippen LogP contribution in [0.1, 0.15) is 5.56 Å². The van der Waals surface area contributed by atoms with Crippen molar-refractivity contribution in [3.05, 3.63) is 45.7 Å². The molecule has 6 heteroatoms. The van der Waals surface area contributed by atoms with E-state index in [0.717, 1.165) is 27.3 Å². The van der Waals surface area contributed by atoms with Crippen LogP contribution in [0.5, 0.6) is 0 Å². The Bertz CT molecular complexity index is 544. The Hall–Kier alpha value is -1.04. The molecule has 102 valence electrons. The Morgan fingerprint density at radius 1 is 1.47 bits per heavy atom. The third-order valence-corrected chi connectivity index (χ3v) is 3.51. The van der Waals surface area contributed by atoms with E-state index in [1.807, 2.05) is 29.1 Å². The molecule has 0 aliphatic carbocycles. The molecule has 0 atom stereocenters. The Labute approximate surface area is 125 Å². The molecule has 0 amide bonds. The highest BCUT2D eigenvalue weighted by molar-refractivity contribution is 9.10. The van der Waals surface area contributed by atoms with Crippen molar-refractivity contribution in [2.75, 3.05) is 19.0 Å². The van der Waals surface area contributed by atoms with Gasteiger partial charge in [-0.25, -0.2) is 0 Å². The van der Waals surface area contributed by atoms with Gasteiger partial charge in [0.2, 0.25) is 0 Å². The van der Waals surface area contributed by atoms with Gasteiger partial charge >= 0.3 is 0 Å². The van der Waals surface area contributed by atoms with Crippen molar-refractivity contribution in [1.82, 2.24) is 9.78 Å². The largest absolute Gasteiger partial charge is 0.383 e. The van der Waals surface area contributed by atoms with Crippen molar-refractivity contribution in [2.45, 2.75) is 13.1 Å². The zero-order valence-electron chi connectivity index (χ0n) is 10.6. The maximum atomic E-state index is 6.14. The summed E-state index contributed by atoms with van der Waals surface area (Å²) in [4.78, 5) is 0. The van der Waals surface area contributed by atoms with E-state index < -0.39 is 0 Å². The molecule has 0 radical (unpaired) electrons. The first-order valence-corrected chi connectivity index (χ1v) is 7.05. The molecule has 0 unspecified atom stereocenters. The molecular formula is C13H15BrClN3O. The van der Waals surface area contributed by atoms with Gasteiger partial charge in [0.15, 0.2) is 0 Å². The lowest BCUT2D eigenvalue weighted by molar-refractivity contribution is 0.183. The van der Waals surface area contributed by atoms with Crippen LogP contribution < -0.4 is 5.32 Å². The van der Waals surface area contributed by atoms with Crippen molar-refractivity contribution in [1.29, 1.82) is 0 Å². The second-order valence-electron chi connectivity index (χ2n) is 4.07. The van der Waals surface area contributed by atoms with Crippen LogP contribution in [0.15, 0.2) is 35.1 Å². The number of halogens is 2. The fourth-order valence-corrected chi connectivity index (χ4v) is 2.23. The molecule has 0 spiro atoms. The minimum Gasteiger partial charge on any atom is -0.383 e. The number of ether oxygens (including phenoxy) is 1. The molecule has 1 N–H and O–H groups in total. The van der Waals surface area contributed by atoms with Crippen molar-refractivity contribution in [3.8, 4) is 0 Å². The van der Waals surface area contributed by atoms with Crippen LogP contribution in [0.25, 0.3) is 0 Å². The van der Waals surface area contributed by atoms with E-state index in [1.54, 1.807) is 13.3 Å². The number of rotatable bonds is 6. The van der Waals surface area contributed by atoms with Gasteiger partial charge in [-0.3, -0.25) is 4.68 Å². The average molecular weight is 345 g/mol. The SMILES string of the molecule is COCCn1cc(NCc2cc(Br)ccc2Cl)cn1. The van der Waals surface area contributed by atoms with Gasteiger partial charge in [0.1, 0.15) is 0 Å². The van der Waals surface area contributed by atoms with Gasteiger partial charge < -0.3 is 10.1 Å². The molecule has 0 aliphatic rings. The highest BCUT2D eigenvalue weighted by Gasteiger charge is 2.03. The lowest BCUT2D eigenvalue weighted by Crippen LogP contribution is -2.04. The smallest absolute Gasteiger partial charge is 0.0729 e. The van der Waals surface area contributed by atoms with E-state index in [0.29, 0.717) is 13.2 Å². The van der Waals surface area contributed by atoms with Crippen molar-refractivity contribution < 1.29 is 4.74 Å². The normalized spacial score (nSPS) is 10.7. The molecule has 2 aromatic rings. The van der Waals surface area contributed by atoms with Gasteiger partial charge in [0, 0.05) is 29.3 Å². The summed E-state index contributed by atoms with van der Waals surface area (Å²) in [6.07, 6.45) is 3.74. The highest BCUT2D eigenvalue weighted by Crippen LogP contribution is 2.21. The molecule has 0 aliphatic heterocycles. The van der Waals surface area contributed by atoms with E-state index >= 15 is 0 Å². The van der Waals surface area contributed by atoms with E-state index in [1.165, 1.54) is 0 Å². The summed E-state index contributed by atoms with van der Waals surface area (Å²) in [6, 6.07) is 5.81. The van der Waals surface area contributed by atoms with Crippen LogP contribution in [0.3, 0.4) is 0 Å². The second-order valence-corrected chi connectivity index (χ2v) is 5.40. The maximum absolute atomic E-state index is 6.14. The predicted octanol–water partition coefficient (Wildman–Crippen LogP) is 3.56. The van der Waals surface area contributed by atoms with Gasteiger partial charge in [-0.2, -0.15) is 5.10 Å². The lowest BCUT2D eigenvalue weighted by atomic mass is 10.2.